The second kappa shape index (κ2) is 6.86. The lowest BCUT2D eigenvalue weighted by Gasteiger charge is -2.66. The highest BCUT2D eigenvalue weighted by Gasteiger charge is 2.65. The zero-order valence-corrected chi connectivity index (χ0v) is 18.0. The van der Waals surface area contributed by atoms with E-state index in [-0.39, 0.29) is 28.5 Å². The third kappa shape index (κ3) is 3.51. The van der Waals surface area contributed by atoms with Crippen LogP contribution in [0.15, 0.2) is 12.7 Å². The molecule has 0 aromatic carbocycles. The Morgan fingerprint density at radius 2 is 1.86 bits per heavy atom. The molecule has 2 saturated carbocycles. The Morgan fingerprint density at radius 3 is 2.46 bits per heavy atom. The van der Waals surface area contributed by atoms with Crippen LogP contribution in [0.1, 0.15) is 79.6 Å². The van der Waals surface area contributed by atoms with E-state index in [9.17, 15) is 9.59 Å². The summed E-state index contributed by atoms with van der Waals surface area (Å²) >= 11 is 0. The Morgan fingerprint density at radius 1 is 1.18 bits per heavy atom. The maximum absolute atomic E-state index is 12.3. The van der Waals surface area contributed by atoms with E-state index in [4.69, 9.17) is 14.6 Å². The lowest BCUT2D eigenvalue weighted by molar-refractivity contribution is -0.279. The summed E-state index contributed by atoms with van der Waals surface area (Å²) in [5.41, 5.74) is -0.782. The minimum Gasteiger partial charge on any atom is -0.481 e. The molecule has 2 aliphatic carbocycles. The Hall–Kier alpha value is -1.36. The third-order valence-corrected chi connectivity index (χ3v) is 8.01. The fourth-order valence-corrected chi connectivity index (χ4v) is 7.15. The molecule has 0 radical (unpaired) electrons. The van der Waals surface area contributed by atoms with Gasteiger partial charge < -0.3 is 14.6 Å². The molecule has 1 aliphatic heterocycles. The molecule has 0 amide bonds. The first-order chi connectivity index (χ1) is 12.9. The molecule has 3 aliphatic rings. The van der Waals surface area contributed by atoms with Crippen molar-refractivity contribution in [3.05, 3.63) is 12.7 Å². The zero-order chi connectivity index (χ0) is 21.0. The van der Waals surface area contributed by atoms with Gasteiger partial charge in [-0.2, -0.15) is 0 Å². The monoisotopic (exact) mass is 392 g/mol. The number of carbonyl (C=O) groups excluding carboxylic acids is 1. The summed E-state index contributed by atoms with van der Waals surface area (Å²) < 4.78 is 12.5. The molecule has 1 heterocycles. The van der Waals surface area contributed by atoms with Gasteiger partial charge in [-0.1, -0.05) is 33.3 Å². The van der Waals surface area contributed by atoms with Crippen LogP contribution in [-0.4, -0.2) is 34.4 Å². The van der Waals surface area contributed by atoms with Crippen LogP contribution in [0.2, 0.25) is 0 Å². The summed E-state index contributed by atoms with van der Waals surface area (Å²) in [5.74, 6) is -1.22. The van der Waals surface area contributed by atoms with Gasteiger partial charge in [-0.05, 0) is 56.3 Å². The van der Waals surface area contributed by atoms with E-state index in [1.54, 1.807) is 0 Å². The van der Waals surface area contributed by atoms with Crippen molar-refractivity contribution in [1.82, 2.24) is 0 Å². The van der Waals surface area contributed by atoms with E-state index in [2.05, 4.69) is 41.2 Å². The molecule has 0 spiro atoms. The molecule has 5 heteroatoms. The Labute approximate surface area is 168 Å². The van der Waals surface area contributed by atoms with Crippen LogP contribution < -0.4 is 0 Å². The molecule has 0 bridgehead atoms. The second-order valence-electron chi connectivity index (χ2n) is 10.7. The highest BCUT2D eigenvalue weighted by Crippen LogP contribution is 2.66. The average Bonchev–Trinajstić information content (AvgIpc) is 2.51. The Bertz CT molecular complexity index is 670. The number of ether oxygens (including phenoxy) is 2. The molecule has 0 aromatic rings. The van der Waals surface area contributed by atoms with Crippen molar-refractivity contribution in [3.63, 3.8) is 0 Å². The van der Waals surface area contributed by atoms with Gasteiger partial charge in [0.2, 0.25) is 0 Å². The number of hydrogen-bond acceptors (Lipinski definition) is 4. The van der Waals surface area contributed by atoms with E-state index in [0.717, 1.165) is 32.1 Å². The van der Waals surface area contributed by atoms with Crippen molar-refractivity contribution in [2.75, 3.05) is 0 Å². The first-order valence-electron chi connectivity index (χ1n) is 10.6. The number of esters is 1. The lowest BCUT2D eigenvalue weighted by atomic mass is 9.43. The van der Waals surface area contributed by atoms with Gasteiger partial charge in [-0.15, -0.1) is 6.58 Å². The maximum Gasteiger partial charge on any atom is 0.317 e. The molecular weight excluding hydrogens is 356 g/mol. The van der Waals surface area contributed by atoms with Crippen LogP contribution >= 0.6 is 0 Å². The number of carboxylic acids is 1. The quantitative estimate of drug-likeness (QED) is 0.425. The summed E-state index contributed by atoms with van der Waals surface area (Å²) in [6, 6.07) is 0. The van der Waals surface area contributed by atoms with Gasteiger partial charge >= 0.3 is 11.9 Å². The number of aliphatic carboxylic acids is 1. The summed E-state index contributed by atoms with van der Waals surface area (Å²) in [6.45, 7) is 15.1. The number of carboxylic acid groups (broad SMARTS) is 1. The molecule has 0 aromatic heterocycles. The van der Waals surface area contributed by atoms with E-state index < -0.39 is 24.0 Å². The van der Waals surface area contributed by atoms with Gasteiger partial charge in [0.25, 0.3) is 0 Å². The number of rotatable bonds is 4. The highest BCUT2D eigenvalue weighted by atomic mass is 16.6. The van der Waals surface area contributed by atoms with Crippen molar-refractivity contribution >= 4 is 11.9 Å². The summed E-state index contributed by atoms with van der Waals surface area (Å²) in [4.78, 5) is 23.3. The first-order valence-corrected chi connectivity index (χ1v) is 10.6. The molecule has 5 nitrogen and oxygen atoms in total. The largest absolute Gasteiger partial charge is 0.481 e. The SMILES string of the molecule is C=C[C@@]1(C)CC[C@@H]2[C@@]3(C)CCCC(C)(C)[C@@H]3[C@@H](OC(=O)CC(=O)O)C[C@@]2(C)O1. The van der Waals surface area contributed by atoms with Gasteiger partial charge in [0.05, 0.1) is 11.2 Å². The normalized spacial score (nSPS) is 44.7. The molecule has 3 rings (SSSR count). The van der Waals surface area contributed by atoms with E-state index >= 15 is 0 Å². The van der Waals surface area contributed by atoms with Gasteiger partial charge in [0, 0.05) is 12.3 Å². The van der Waals surface area contributed by atoms with E-state index in [1.165, 1.54) is 0 Å². The van der Waals surface area contributed by atoms with Crippen molar-refractivity contribution in [3.8, 4) is 0 Å². The molecule has 158 valence electrons. The van der Waals surface area contributed by atoms with Crippen LogP contribution in [-0.2, 0) is 19.1 Å². The third-order valence-electron chi connectivity index (χ3n) is 8.01. The number of fused-ring (bicyclic) bond motifs is 3. The highest BCUT2D eigenvalue weighted by molar-refractivity contribution is 5.90. The number of carbonyl (C=O) groups is 2. The van der Waals surface area contributed by atoms with E-state index in [1.807, 2.05) is 6.08 Å². The van der Waals surface area contributed by atoms with Crippen LogP contribution in [0.5, 0.6) is 0 Å². The average molecular weight is 393 g/mol. The molecule has 28 heavy (non-hydrogen) atoms. The molecule has 0 unspecified atom stereocenters. The standard InChI is InChI=1S/C23H36O5/c1-7-21(4)12-9-16-22(5)11-8-10-20(2,3)19(22)15(14-23(16,6)28-21)27-18(26)13-17(24)25/h7,15-16,19H,1,8-14H2,2-6H3,(H,24,25)/t15-,16+,19-,21-,22+,23+/m0/s1. The molecule has 1 saturated heterocycles. The lowest BCUT2D eigenvalue weighted by Crippen LogP contribution is -2.67. The fourth-order valence-electron chi connectivity index (χ4n) is 7.15. The first kappa shape index (κ1) is 21.4. The van der Waals surface area contributed by atoms with Gasteiger partial charge in [-0.3, -0.25) is 9.59 Å². The molecule has 3 fully saturated rings. The predicted molar refractivity (Wildman–Crippen MR) is 107 cm³/mol. The molecular formula is C23H36O5. The smallest absolute Gasteiger partial charge is 0.317 e. The van der Waals surface area contributed by atoms with Crippen LogP contribution in [0.3, 0.4) is 0 Å². The van der Waals surface area contributed by atoms with E-state index in [0.29, 0.717) is 12.3 Å². The van der Waals surface area contributed by atoms with Crippen LogP contribution in [0.25, 0.3) is 0 Å². The fraction of sp³-hybridized carbons (Fsp3) is 0.826. The van der Waals surface area contributed by atoms with Gasteiger partial charge in [0.15, 0.2) is 0 Å². The van der Waals surface area contributed by atoms with Crippen molar-refractivity contribution in [2.24, 2.45) is 22.7 Å². The minimum absolute atomic E-state index is 0.00851. The van der Waals surface area contributed by atoms with Gasteiger partial charge in [0.1, 0.15) is 12.5 Å². The minimum atomic E-state index is -1.15. The Kier molecular flexibility index (Phi) is 5.23. The number of hydrogen-bond donors (Lipinski definition) is 1. The second-order valence-corrected chi connectivity index (χ2v) is 10.7. The summed E-state index contributed by atoms with van der Waals surface area (Å²) in [5, 5.41) is 9.00. The maximum atomic E-state index is 12.3. The van der Waals surface area contributed by atoms with Gasteiger partial charge in [-0.25, -0.2) is 0 Å². The van der Waals surface area contributed by atoms with Crippen molar-refractivity contribution < 1.29 is 24.2 Å². The topological polar surface area (TPSA) is 72.8 Å². The Balaban J connectivity index is 2.00. The van der Waals surface area contributed by atoms with Crippen molar-refractivity contribution in [2.45, 2.75) is 96.9 Å². The van der Waals surface area contributed by atoms with Crippen LogP contribution in [0.4, 0.5) is 0 Å². The van der Waals surface area contributed by atoms with Crippen LogP contribution in [0, 0.1) is 22.7 Å². The molecule has 6 atom stereocenters. The zero-order valence-electron chi connectivity index (χ0n) is 18.0. The molecule has 1 N–H and O–H groups in total. The summed E-state index contributed by atoms with van der Waals surface area (Å²) in [7, 11) is 0. The predicted octanol–water partition coefficient (Wildman–Crippen LogP) is 4.74. The van der Waals surface area contributed by atoms with Crippen molar-refractivity contribution in [1.29, 1.82) is 0 Å². The summed E-state index contributed by atoms with van der Waals surface area (Å²) in [6.07, 6.45) is 6.92.